The Morgan fingerprint density at radius 2 is 1.67 bits per heavy atom. The Hall–Kier alpha value is -0.993. The third kappa shape index (κ3) is 6.53. The number of terminal acetylenes is 1. The van der Waals surface area contributed by atoms with E-state index in [4.69, 9.17) is 15.6 Å². The molecule has 0 spiro atoms. The van der Waals surface area contributed by atoms with E-state index in [9.17, 15) is 4.79 Å². The highest BCUT2D eigenvalue weighted by Crippen LogP contribution is 2.36. The van der Waals surface area contributed by atoms with Crippen molar-refractivity contribution in [1.82, 2.24) is 4.90 Å². The zero-order valence-electron chi connectivity index (χ0n) is 14.9. The van der Waals surface area contributed by atoms with Crippen LogP contribution in [-0.4, -0.2) is 44.6 Å². The van der Waals surface area contributed by atoms with Gasteiger partial charge in [-0.15, -0.1) is 6.42 Å². The van der Waals surface area contributed by atoms with E-state index in [-0.39, 0.29) is 29.8 Å². The smallest absolute Gasteiger partial charge is 0.411 e. The van der Waals surface area contributed by atoms with Crippen LogP contribution < -0.4 is 0 Å². The first kappa shape index (κ1) is 20.0. The van der Waals surface area contributed by atoms with Crippen molar-refractivity contribution >= 4 is 14.4 Å². The zero-order chi connectivity index (χ0) is 16.9. The Balaban J connectivity index is 4.36. The van der Waals surface area contributed by atoms with Gasteiger partial charge in [0.2, 0.25) is 0 Å². The molecule has 5 heteroatoms. The number of hydrogen-bond donors (Lipinski definition) is 0. The first-order valence-corrected chi connectivity index (χ1v) is 10.3. The van der Waals surface area contributed by atoms with Gasteiger partial charge in [-0.25, -0.2) is 4.79 Å². The predicted molar refractivity (Wildman–Crippen MR) is 89.8 cm³/mol. The lowest BCUT2D eigenvalue weighted by molar-refractivity contribution is 0.0632. The van der Waals surface area contributed by atoms with Gasteiger partial charge in [0.25, 0.3) is 0 Å². The van der Waals surface area contributed by atoms with Crippen molar-refractivity contribution in [2.24, 2.45) is 0 Å². The van der Waals surface area contributed by atoms with Crippen LogP contribution in [0.15, 0.2) is 0 Å². The molecule has 0 fully saturated rings. The van der Waals surface area contributed by atoms with Crippen molar-refractivity contribution in [2.45, 2.75) is 65.2 Å². The molecule has 0 aromatic carbocycles. The SMILES string of the molecule is C#CCN(C(=O)OCCO[Si](C)(C)C(C)(C)C)C(C)(C)C. The molecule has 0 bridgehead atoms. The van der Waals surface area contributed by atoms with Crippen molar-refractivity contribution in [3.05, 3.63) is 0 Å². The molecule has 0 aliphatic rings. The Labute approximate surface area is 131 Å². The second kappa shape index (κ2) is 7.32. The van der Waals surface area contributed by atoms with E-state index in [1.807, 2.05) is 20.8 Å². The first-order valence-electron chi connectivity index (χ1n) is 7.35. The summed E-state index contributed by atoms with van der Waals surface area (Å²) in [4.78, 5) is 13.6. The van der Waals surface area contributed by atoms with Crippen molar-refractivity contribution in [1.29, 1.82) is 0 Å². The van der Waals surface area contributed by atoms with Gasteiger partial charge in [0, 0.05) is 5.54 Å². The fourth-order valence-corrected chi connectivity index (χ4v) is 2.41. The minimum Gasteiger partial charge on any atom is -0.447 e. The lowest BCUT2D eigenvalue weighted by Gasteiger charge is -2.36. The third-order valence-corrected chi connectivity index (χ3v) is 8.40. The van der Waals surface area contributed by atoms with E-state index in [1.165, 1.54) is 0 Å². The van der Waals surface area contributed by atoms with E-state index < -0.39 is 8.32 Å². The fourth-order valence-electron chi connectivity index (χ4n) is 1.39. The summed E-state index contributed by atoms with van der Waals surface area (Å²) in [5.41, 5.74) is -0.357. The van der Waals surface area contributed by atoms with Gasteiger partial charge in [-0.1, -0.05) is 26.7 Å². The topological polar surface area (TPSA) is 38.8 Å². The van der Waals surface area contributed by atoms with Crippen molar-refractivity contribution in [2.75, 3.05) is 19.8 Å². The molecule has 21 heavy (non-hydrogen) atoms. The molecule has 4 nitrogen and oxygen atoms in total. The minimum absolute atomic E-state index is 0.151. The van der Waals surface area contributed by atoms with Crippen LogP contribution in [0.25, 0.3) is 0 Å². The standard InChI is InChI=1S/C16H31NO3Si/c1-10-11-17(15(2,3)4)14(18)19-12-13-20-21(8,9)16(5,6)7/h1H,11-13H2,2-9H3. The van der Waals surface area contributed by atoms with Gasteiger partial charge in [0.15, 0.2) is 8.32 Å². The molecular weight excluding hydrogens is 282 g/mol. The normalized spacial score (nSPS) is 12.7. The molecule has 0 N–H and O–H groups in total. The number of nitrogens with zero attached hydrogens (tertiary/aromatic N) is 1. The summed E-state index contributed by atoms with van der Waals surface area (Å²) in [6, 6.07) is 0. The fraction of sp³-hybridized carbons (Fsp3) is 0.812. The molecule has 0 saturated heterocycles. The predicted octanol–water partition coefficient (Wildman–Crippen LogP) is 3.88. The van der Waals surface area contributed by atoms with Gasteiger partial charge in [-0.3, -0.25) is 4.90 Å². The van der Waals surface area contributed by atoms with Crippen molar-refractivity contribution in [3.8, 4) is 12.3 Å². The van der Waals surface area contributed by atoms with Crippen LogP contribution >= 0.6 is 0 Å². The van der Waals surface area contributed by atoms with Gasteiger partial charge >= 0.3 is 6.09 Å². The second-order valence-electron chi connectivity index (χ2n) is 7.68. The van der Waals surface area contributed by atoms with Crippen LogP contribution in [0.1, 0.15) is 41.5 Å². The molecule has 0 saturated carbocycles. The van der Waals surface area contributed by atoms with Gasteiger partial charge < -0.3 is 9.16 Å². The van der Waals surface area contributed by atoms with Gasteiger partial charge in [-0.2, -0.15) is 0 Å². The van der Waals surface area contributed by atoms with Crippen LogP contribution in [0.5, 0.6) is 0 Å². The number of carbonyl (C=O) groups is 1. The molecule has 0 aromatic heterocycles. The summed E-state index contributed by atoms with van der Waals surface area (Å²) in [5.74, 6) is 2.49. The van der Waals surface area contributed by atoms with E-state index >= 15 is 0 Å². The molecule has 1 amide bonds. The second-order valence-corrected chi connectivity index (χ2v) is 12.5. The van der Waals surface area contributed by atoms with Gasteiger partial charge in [-0.05, 0) is 38.9 Å². The summed E-state index contributed by atoms with van der Waals surface area (Å²) in [6.45, 7) is 17.6. The zero-order valence-corrected chi connectivity index (χ0v) is 15.9. The molecule has 0 rings (SSSR count). The highest BCUT2D eigenvalue weighted by atomic mass is 28.4. The maximum absolute atomic E-state index is 12.1. The Morgan fingerprint density at radius 3 is 2.05 bits per heavy atom. The van der Waals surface area contributed by atoms with Crippen LogP contribution in [0.2, 0.25) is 18.1 Å². The highest BCUT2D eigenvalue weighted by Gasteiger charge is 2.37. The number of ether oxygens (including phenoxy) is 1. The maximum Gasteiger partial charge on any atom is 0.411 e. The number of hydrogen-bond acceptors (Lipinski definition) is 3. The van der Waals surface area contributed by atoms with Crippen LogP contribution in [0.3, 0.4) is 0 Å². The lowest BCUT2D eigenvalue weighted by Crippen LogP contribution is -2.46. The molecule has 0 aliphatic heterocycles. The molecule has 0 atom stereocenters. The summed E-state index contributed by atoms with van der Waals surface area (Å²) < 4.78 is 11.3. The summed E-state index contributed by atoms with van der Waals surface area (Å²) in [7, 11) is -1.79. The largest absolute Gasteiger partial charge is 0.447 e. The molecule has 0 aromatic rings. The lowest BCUT2D eigenvalue weighted by atomic mass is 10.1. The van der Waals surface area contributed by atoms with E-state index in [2.05, 4.69) is 39.8 Å². The molecule has 122 valence electrons. The quantitative estimate of drug-likeness (QED) is 0.439. The van der Waals surface area contributed by atoms with Gasteiger partial charge in [0.1, 0.15) is 6.61 Å². The molecular formula is C16H31NO3Si. The number of rotatable bonds is 5. The first-order chi connectivity index (χ1) is 9.33. The average molecular weight is 314 g/mol. The van der Waals surface area contributed by atoms with Crippen molar-refractivity contribution in [3.63, 3.8) is 0 Å². The summed E-state index contributed by atoms with van der Waals surface area (Å²) >= 11 is 0. The Morgan fingerprint density at radius 1 is 1.14 bits per heavy atom. The average Bonchev–Trinajstić information content (AvgIpc) is 2.28. The molecule has 0 aliphatic carbocycles. The van der Waals surface area contributed by atoms with Crippen molar-refractivity contribution < 1.29 is 14.0 Å². The minimum atomic E-state index is -1.79. The monoisotopic (exact) mass is 313 g/mol. The highest BCUT2D eigenvalue weighted by molar-refractivity contribution is 6.74. The summed E-state index contributed by atoms with van der Waals surface area (Å²) in [6.07, 6.45) is 4.92. The van der Waals surface area contributed by atoms with E-state index in [0.29, 0.717) is 6.61 Å². The maximum atomic E-state index is 12.1. The molecule has 0 radical (unpaired) electrons. The van der Waals surface area contributed by atoms with E-state index in [0.717, 1.165) is 0 Å². The number of carbonyl (C=O) groups excluding carboxylic acids is 1. The molecule has 0 heterocycles. The van der Waals surface area contributed by atoms with Crippen LogP contribution in [-0.2, 0) is 9.16 Å². The van der Waals surface area contributed by atoms with Crippen LogP contribution in [0, 0.1) is 12.3 Å². The third-order valence-electron chi connectivity index (χ3n) is 3.86. The molecule has 0 unspecified atom stereocenters. The Kier molecular flexibility index (Phi) is 6.98. The summed E-state index contributed by atoms with van der Waals surface area (Å²) in [5, 5.41) is 0.151. The Bertz CT molecular complexity index is 386. The number of amides is 1. The van der Waals surface area contributed by atoms with E-state index in [1.54, 1.807) is 4.90 Å². The van der Waals surface area contributed by atoms with Gasteiger partial charge in [0.05, 0.1) is 13.2 Å². The van der Waals surface area contributed by atoms with Crippen LogP contribution in [0.4, 0.5) is 4.79 Å².